The van der Waals surface area contributed by atoms with Crippen LogP contribution in [0.3, 0.4) is 0 Å². The minimum atomic E-state index is -3.21. The average molecular weight is 605 g/mol. The standard InChI is InChI=1S/2C12H12NO.CH2.2BrH.Ni/c2*1-2-5-10(6-3-1)11-12(7-4-8-12)14-9-13-11;;;;/h2*1-3,5-6,11H,4,7-8H2;1H2;2*1H;/q;;;;;+2/p-2/t2*11-;;;;/m00..../s1. The molecule has 0 unspecified atom stereocenters. The predicted octanol–water partition coefficient (Wildman–Crippen LogP) is 6.83. The first-order valence-corrected chi connectivity index (χ1v) is 17.5. The molecule has 7 heteroatoms. The molecule has 2 spiro atoms. The van der Waals surface area contributed by atoms with Crippen molar-refractivity contribution < 1.29 is 16.9 Å². The van der Waals surface area contributed by atoms with E-state index in [1.54, 1.807) is 0 Å². The Balaban J connectivity index is 1.41. The van der Waals surface area contributed by atoms with Gasteiger partial charge in [0.15, 0.2) is 0 Å². The van der Waals surface area contributed by atoms with Gasteiger partial charge in [-0.3, -0.25) is 0 Å². The summed E-state index contributed by atoms with van der Waals surface area (Å²) < 4.78 is 13.4. The van der Waals surface area contributed by atoms with Crippen molar-refractivity contribution in [1.29, 1.82) is 0 Å². The van der Waals surface area contributed by atoms with Gasteiger partial charge in [-0.25, -0.2) is 0 Å². The number of hydrogen-bond donors (Lipinski definition) is 0. The van der Waals surface area contributed by atoms with Gasteiger partial charge >= 0.3 is 204 Å². The Labute approximate surface area is 203 Å². The van der Waals surface area contributed by atoms with Crippen LogP contribution < -0.4 is 0 Å². The third-order valence-electron chi connectivity index (χ3n) is 7.17. The third kappa shape index (κ3) is 3.07. The van der Waals surface area contributed by atoms with Crippen LogP contribution in [0.2, 0.25) is 0 Å². The number of nitrogens with zero attached hydrogens (tertiary/aromatic N) is 2. The van der Waals surface area contributed by atoms with Crippen molar-refractivity contribution in [3.05, 3.63) is 71.8 Å². The first-order chi connectivity index (χ1) is 15.3. The molecule has 2 fully saturated rings. The van der Waals surface area contributed by atoms with Gasteiger partial charge in [0.25, 0.3) is 0 Å². The van der Waals surface area contributed by atoms with Gasteiger partial charge in [-0.2, -0.15) is 0 Å². The van der Waals surface area contributed by atoms with Crippen molar-refractivity contribution in [2.24, 2.45) is 9.98 Å². The Kier molecular flexibility index (Phi) is 4.72. The number of halogens is 2. The number of rotatable bonds is 4. The Morgan fingerprint density at radius 2 is 1.09 bits per heavy atom. The summed E-state index contributed by atoms with van der Waals surface area (Å²) >= 11 is 7.92. The number of hydrogen-bond acceptors (Lipinski definition) is 4. The first-order valence-electron chi connectivity index (χ1n) is 10.9. The van der Waals surface area contributed by atoms with Crippen molar-refractivity contribution >= 4 is 43.7 Å². The van der Waals surface area contributed by atoms with Gasteiger partial charge in [0.2, 0.25) is 0 Å². The Hall–Kier alpha value is -1.30. The Bertz CT molecular complexity index is 1090. The molecular formula is C25H26Br2N2NiO2. The maximum atomic E-state index is 6.68. The molecule has 2 aliphatic carbocycles. The molecule has 0 bridgehead atoms. The SMILES string of the molecule is [CH2]=[Ni]([Br])([Br])([C]1=N[C@@H](c2ccccc2)C2(CCC2)O1)[C]1=N[C@@H](c2ccccc2)C2(CCC2)O1. The van der Waals surface area contributed by atoms with E-state index in [0.717, 1.165) is 38.5 Å². The Morgan fingerprint density at radius 1 is 0.719 bits per heavy atom. The van der Waals surface area contributed by atoms with E-state index in [-0.39, 0.29) is 23.3 Å². The minimum absolute atomic E-state index is 0.0355. The molecule has 172 valence electrons. The fraction of sp³-hybridized carbons (Fsp3) is 0.400. The van der Waals surface area contributed by atoms with E-state index >= 15 is 0 Å². The fourth-order valence-corrected chi connectivity index (χ4v) is 8.72. The van der Waals surface area contributed by atoms with Gasteiger partial charge in [-0.05, 0) is 0 Å². The molecule has 4 aliphatic rings. The van der Waals surface area contributed by atoms with Crippen LogP contribution in [0.5, 0.6) is 0 Å². The Morgan fingerprint density at radius 3 is 1.41 bits per heavy atom. The van der Waals surface area contributed by atoms with Gasteiger partial charge in [0.1, 0.15) is 0 Å². The molecule has 0 aromatic heterocycles. The summed E-state index contributed by atoms with van der Waals surface area (Å²) in [6, 6.07) is 20.8. The molecule has 0 saturated heterocycles. The van der Waals surface area contributed by atoms with E-state index in [4.69, 9.17) is 19.5 Å². The van der Waals surface area contributed by atoms with E-state index in [0.29, 0.717) is 9.74 Å². The molecule has 6 rings (SSSR count). The summed E-state index contributed by atoms with van der Waals surface area (Å²) in [6.45, 7) is 0. The normalized spacial score (nSPS) is 28.5. The molecule has 0 amide bonds. The van der Waals surface area contributed by atoms with Crippen molar-refractivity contribution in [3.63, 3.8) is 0 Å². The molecule has 2 aromatic carbocycles. The monoisotopic (exact) mass is 602 g/mol. The molecular weight excluding hydrogens is 579 g/mol. The summed E-state index contributed by atoms with van der Waals surface area (Å²) in [5, 5.41) is 0. The molecule has 32 heavy (non-hydrogen) atoms. The van der Waals surface area contributed by atoms with Gasteiger partial charge in [-0.15, -0.1) is 0 Å². The van der Waals surface area contributed by atoms with Crippen LogP contribution in [-0.4, -0.2) is 26.4 Å². The zero-order chi connectivity index (χ0) is 22.1. The second-order valence-electron chi connectivity index (χ2n) is 9.13. The van der Waals surface area contributed by atoms with Crippen LogP contribution in [0, 0.1) is 0 Å². The number of ether oxygens (including phenoxy) is 2. The summed E-state index contributed by atoms with van der Waals surface area (Å²) in [7, 11) is -3.21. The van der Waals surface area contributed by atoms with Crippen LogP contribution in [0.4, 0.5) is 0 Å². The molecule has 4 nitrogen and oxygen atoms in total. The first kappa shape index (κ1) is 21.3. The average Bonchev–Trinajstić information content (AvgIpc) is 3.36. The van der Waals surface area contributed by atoms with Crippen molar-refractivity contribution in [2.45, 2.75) is 61.8 Å². The van der Waals surface area contributed by atoms with E-state index in [1.807, 2.05) is 12.1 Å². The molecule has 0 radical (unpaired) electrons. The van der Waals surface area contributed by atoms with E-state index in [1.165, 1.54) is 11.1 Å². The molecule has 2 heterocycles. The second-order valence-corrected chi connectivity index (χ2v) is 24.2. The van der Waals surface area contributed by atoms with E-state index in [2.05, 4.69) is 82.5 Å². The van der Waals surface area contributed by atoms with Crippen LogP contribution >= 0.6 is 28.5 Å². The summed E-state index contributed by atoms with van der Waals surface area (Å²) in [5.41, 5.74) is 6.39. The van der Waals surface area contributed by atoms with Crippen molar-refractivity contribution in [2.75, 3.05) is 0 Å². The van der Waals surface area contributed by atoms with Gasteiger partial charge in [0.05, 0.1) is 0 Å². The van der Waals surface area contributed by atoms with E-state index < -0.39 is 7.39 Å². The summed E-state index contributed by atoms with van der Waals surface area (Å²) in [6.07, 6.45) is 6.28. The number of benzene rings is 2. The van der Waals surface area contributed by atoms with Gasteiger partial charge < -0.3 is 0 Å². The predicted molar refractivity (Wildman–Crippen MR) is 134 cm³/mol. The molecule has 0 N–H and O–H groups in total. The quantitative estimate of drug-likeness (QED) is 0.359. The van der Waals surface area contributed by atoms with Crippen molar-refractivity contribution in [1.82, 2.24) is 0 Å². The molecule has 2 aliphatic heterocycles. The molecule has 2 aromatic rings. The van der Waals surface area contributed by atoms with Crippen LogP contribution in [-0.2, 0) is 16.9 Å². The molecule has 2 atom stereocenters. The van der Waals surface area contributed by atoms with E-state index in [9.17, 15) is 0 Å². The zero-order valence-corrected chi connectivity index (χ0v) is 21.8. The van der Waals surface area contributed by atoms with Crippen LogP contribution in [0.25, 0.3) is 0 Å². The third-order valence-corrected chi connectivity index (χ3v) is 12.8. The topological polar surface area (TPSA) is 43.2 Å². The van der Waals surface area contributed by atoms with Gasteiger partial charge in [0, 0.05) is 0 Å². The molecule has 2 saturated carbocycles. The van der Waals surface area contributed by atoms with Gasteiger partial charge in [-0.1, -0.05) is 0 Å². The zero-order valence-electron chi connectivity index (χ0n) is 17.7. The summed E-state index contributed by atoms with van der Waals surface area (Å²) in [5.74, 6) is 0. The maximum absolute atomic E-state index is 6.68. The van der Waals surface area contributed by atoms with Crippen LogP contribution in [0.15, 0.2) is 70.6 Å². The van der Waals surface area contributed by atoms with Crippen LogP contribution in [0.1, 0.15) is 61.7 Å². The number of aliphatic imine (C=N–C) groups is 2. The van der Waals surface area contributed by atoms with Crippen molar-refractivity contribution in [3.8, 4) is 0 Å². The summed E-state index contributed by atoms with van der Waals surface area (Å²) in [4.78, 5) is 11.5. The second kappa shape index (κ2) is 7.10. The fourth-order valence-electron chi connectivity index (χ4n) is 5.07.